The van der Waals surface area contributed by atoms with E-state index >= 15 is 0 Å². The van der Waals surface area contributed by atoms with Crippen molar-refractivity contribution in [1.29, 1.82) is 0 Å². The van der Waals surface area contributed by atoms with Crippen LogP contribution in [0.5, 0.6) is 0 Å². The first-order chi connectivity index (χ1) is 9.39. The molecule has 1 atom stereocenters. The van der Waals surface area contributed by atoms with Crippen molar-refractivity contribution in [2.45, 2.75) is 63.3 Å². The molecule has 3 rings (SSSR count). The Morgan fingerprint density at radius 1 is 1.05 bits per heavy atom. The topological polar surface area (TPSA) is 12.0 Å². The van der Waals surface area contributed by atoms with Crippen LogP contribution in [-0.2, 0) is 6.42 Å². The second-order valence-corrected chi connectivity index (χ2v) is 6.51. The highest BCUT2D eigenvalue weighted by Gasteiger charge is 2.44. The van der Waals surface area contributed by atoms with Gasteiger partial charge in [0, 0.05) is 5.54 Å². The number of aryl methyl sites for hydroxylation is 1. The Labute approximate surface area is 117 Å². The van der Waals surface area contributed by atoms with Gasteiger partial charge in [-0.3, -0.25) is 0 Å². The molecule has 2 aliphatic rings. The molecule has 1 aromatic rings. The van der Waals surface area contributed by atoms with Gasteiger partial charge in [0.05, 0.1) is 0 Å². The number of benzene rings is 1. The highest BCUT2D eigenvalue weighted by atomic mass is 15.0. The van der Waals surface area contributed by atoms with Crippen LogP contribution in [0.1, 0.15) is 56.9 Å². The van der Waals surface area contributed by atoms with Crippen LogP contribution in [0, 0.1) is 5.92 Å². The van der Waals surface area contributed by atoms with Crippen molar-refractivity contribution in [3.63, 3.8) is 0 Å². The molecule has 1 aliphatic carbocycles. The van der Waals surface area contributed by atoms with Gasteiger partial charge in [-0.15, -0.1) is 0 Å². The maximum absolute atomic E-state index is 3.94. The molecular weight excluding hydrogens is 230 g/mol. The highest BCUT2D eigenvalue weighted by Crippen LogP contribution is 2.45. The molecule has 1 heterocycles. The molecule has 0 radical (unpaired) electrons. The predicted octanol–water partition coefficient (Wildman–Crippen LogP) is 4.32. The normalized spacial score (nSPS) is 28.0. The van der Waals surface area contributed by atoms with Crippen LogP contribution >= 0.6 is 0 Å². The quantitative estimate of drug-likeness (QED) is 0.828. The fourth-order valence-corrected chi connectivity index (χ4v) is 3.82. The molecule has 1 aliphatic heterocycles. The van der Waals surface area contributed by atoms with E-state index in [-0.39, 0.29) is 0 Å². The molecule has 1 aromatic carbocycles. The molecule has 1 N–H and O–H groups in total. The maximum Gasteiger partial charge on any atom is 0.0209 e. The summed E-state index contributed by atoms with van der Waals surface area (Å²) in [6, 6.07) is 11.0. The Hall–Kier alpha value is -0.820. The molecule has 1 unspecified atom stereocenters. The minimum atomic E-state index is 0.505. The predicted molar refractivity (Wildman–Crippen MR) is 81.3 cm³/mol. The van der Waals surface area contributed by atoms with Crippen molar-refractivity contribution in [1.82, 2.24) is 5.32 Å². The molecule has 2 fully saturated rings. The molecule has 1 saturated carbocycles. The molecule has 0 bridgehead atoms. The summed E-state index contributed by atoms with van der Waals surface area (Å²) in [5.41, 5.74) is 2.01. The van der Waals surface area contributed by atoms with Gasteiger partial charge in [-0.25, -0.2) is 0 Å². The minimum absolute atomic E-state index is 0.505. The van der Waals surface area contributed by atoms with Crippen molar-refractivity contribution in [3.05, 3.63) is 35.9 Å². The van der Waals surface area contributed by atoms with Crippen molar-refractivity contribution in [3.8, 4) is 0 Å². The molecule has 0 aromatic heterocycles. The van der Waals surface area contributed by atoms with Gasteiger partial charge in [0.25, 0.3) is 0 Å². The van der Waals surface area contributed by atoms with Crippen LogP contribution in [0.25, 0.3) is 0 Å². The third-order valence-corrected chi connectivity index (χ3v) is 5.07. The summed E-state index contributed by atoms with van der Waals surface area (Å²) in [5.74, 6) is 0.987. The second-order valence-electron chi connectivity index (χ2n) is 6.51. The number of hydrogen-bond donors (Lipinski definition) is 1. The number of nitrogens with one attached hydrogen (secondary N) is 1. The van der Waals surface area contributed by atoms with E-state index in [0.717, 1.165) is 5.92 Å². The van der Waals surface area contributed by atoms with Crippen LogP contribution in [-0.4, -0.2) is 12.1 Å². The first-order valence-corrected chi connectivity index (χ1v) is 8.18. The number of hydrogen-bond acceptors (Lipinski definition) is 1. The summed E-state index contributed by atoms with van der Waals surface area (Å²) in [4.78, 5) is 0. The fourth-order valence-electron chi connectivity index (χ4n) is 3.82. The zero-order valence-corrected chi connectivity index (χ0v) is 12.0. The molecule has 0 spiro atoms. The molecule has 0 amide bonds. The lowest BCUT2D eigenvalue weighted by Gasteiger charge is -2.34. The summed E-state index contributed by atoms with van der Waals surface area (Å²) < 4.78 is 0. The van der Waals surface area contributed by atoms with E-state index in [0.29, 0.717) is 5.54 Å². The van der Waals surface area contributed by atoms with Crippen molar-refractivity contribution >= 4 is 0 Å². The maximum atomic E-state index is 3.94. The lowest BCUT2D eigenvalue weighted by atomic mass is 9.83. The van der Waals surface area contributed by atoms with E-state index in [4.69, 9.17) is 0 Å². The summed E-state index contributed by atoms with van der Waals surface area (Å²) in [6.45, 7) is 1.25. The Balaban J connectivity index is 1.56. The average Bonchev–Trinajstić information content (AvgIpc) is 3.28. The standard InChI is InChI=1S/C18H27N/c1-3-8-16(9-4-1)10-7-14-18(17-11-12-17)13-5-2-6-15-19-18/h1,3-4,8-9,17,19H,2,5-7,10-15H2. The minimum Gasteiger partial charge on any atom is -0.311 e. The third-order valence-electron chi connectivity index (χ3n) is 5.07. The van der Waals surface area contributed by atoms with Gasteiger partial charge in [-0.05, 0) is 63.0 Å². The van der Waals surface area contributed by atoms with Gasteiger partial charge in [-0.1, -0.05) is 43.2 Å². The highest BCUT2D eigenvalue weighted by molar-refractivity contribution is 5.15. The first-order valence-electron chi connectivity index (χ1n) is 8.18. The van der Waals surface area contributed by atoms with Gasteiger partial charge in [0.2, 0.25) is 0 Å². The molecule has 1 heteroatoms. The smallest absolute Gasteiger partial charge is 0.0209 e. The van der Waals surface area contributed by atoms with Crippen LogP contribution in [0.3, 0.4) is 0 Å². The molecule has 19 heavy (non-hydrogen) atoms. The van der Waals surface area contributed by atoms with Gasteiger partial charge in [-0.2, -0.15) is 0 Å². The Kier molecular flexibility index (Phi) is 4.22. The summed E-state index contributed by atoms with van der Waals surface area (Å²) >= 11 is 0. The SMILES string of the molecule is c1ccc(CCCC2(C3CC3)CCCCCN2)cc1. The van der Waals surface area contributed by atoms with Crippen LogP contribution < -0.4 is 5.32 Å². The van der Waals surface area contributed by atoms with E-state index in [1.54, 1.807) is 0 Å². The van der Waals surface area contributed by atoms with Crippen molar-refractivity contribution in [2.75, 3.05) is 6.54 Å². The molecule has 104 valence electrons. The monoisotopic (exact) mass is 257 g/mol. The molecule has 1 nitrogen and oxygen atoms in total. The third kappa shape index (κ3) is 3.39. The summed E-state index contributed by atoms with van der Waals surface area (Å²) in [7, 11) is 0. The van der Waals surface area contributed by atoms with E-state index in [2.05, 4.69) is 35.6 Å². The van der Waals surface area contributed by atoms with Crippen LogP contribution in [0.2, 0.25) is 0 Å². The number of rotatable bonds is 5. The van der Waals surface area contributed by atoms with Gasteiger partial charge in [0.15, 0.2) is 0 Å². The lowest BCUT2D eigenvalue weighted by Crippen LogP contribution is -2.46. The Morgan fingerprint density at radius 2 is 1.89 bits per heavy atom. The van der Waals surface area contributed by atoms with E-state index in [1.807, 2.05) is 0 Å². The summed E-state index contributed by atoms with van der Waals surface area (Å²) in [5, 5.41) is 3.94. The zero-order chi connectivity index (χ0) is 13.0. The summed E-state index contributed by atoms with van der Waals surface area (Å²) in [6.07, 6.45) is 12.6. The average molecular weight is 257 g/mol. The Morgan fingerprint density at radius 3 is 2.68 bits per heavy atom. The lowest BCUT2D eigenvalue weighted by molar-refractivity contribution is 0.248. The van der Waals surface area contributed by atoms with E-state index < -0.39 is 0 Å². The fraction of sp³-hybridized carbons (Fsp3) is 0.667. The van der Waals surface area contributed by atoms with Gasteiger partial charge < -0.3 is 5.32 Å². The van der Waals surface area contributed by atoms with E-state index in [1.165, 1.54) is 69.9 Å². The van der Waals surface area contributed by atoms with Crippen LogP contribution in [0.15, 0.2) is 30.3 Å². The van der Waals surface area contributed by atoms with Crippen LogP contribution in [0.4, 0.5) is 0 Å². The second kappa shape index (κ2) is 6.09. The van der Waals surface area contributed by atoms with E-state index in [9.17, 15) is 0 Å². The van der Waals surface area contributed by atoms with Gasteiger partial charge in [0.1, 0.15) is 0 Å². The zero-order valence-electron chi connectivity index (χ0n) is 12.0. The molecule has 1 saturated heterocycles. The van der Waals surface area contributed by atoms with Gasteiger partial charge >= 0.3 is 0 Å². The largest absolute Gasteiger partial charge is 0.311 e. The Bertz CT molecular complexity index is 372. The first kappa shape index (κ1) is 13.2. The van der Waals surface area contributed by atoms with Crippen molar-refractivity contribution < 1.29 is 0 Å². The van der Waals surface area contributed by atoms with Crippen molar-refractivity contribution in [2.24, 2.45) is 5.92 Å². The molecular formula is C18H27N.